The number of aromatic nitrogens is 2. The fraction of sp³-hybridized carbons (Fsp3) is 0.188. The van der Waals surface area contributed by atoms with Crippen LogP contribution in [-0.4, -0.2) is 34.7 Å². The van der Waals surface area contributed by atoms with Crippen LogP contribution in [0.25, 0.3) is 4.83 Å². The fourth-order valence-electron chi connectivity index (χ4n) is 2.53. The summed E-state index contributed by atoms with van der Waals surface area (Å²) in [6, 6.07) is 5.88. The van der Waals surface area contributed by atoms with Crippen molar-refractivity contribution in [2.75, 3.05) is 6.26 Å². The van der Waals surface area contributed by atoms with Crippen molar-refractivity contribution in [3.05, 3.63) is 67.3 Å². The molecule has 0 amide bonds. The molecule has 2 aromatic heterocycles. The van der Waals surface area contributed by atoms with Gasteiger partial charge in [-0.3, -0.25) is 13.8 Å². The maximum atomic E-state index is 12.6. The van der Waals surface area contributed by atoms with Gasteiger partial charge in [-0.25, -0.2) is 18.0 Å². The molecule has 0 fully saturated rings. The van der Waals surface area contributed by atoms with Crippen LogP contribution in [0.2, 0.25) is 0 Å². The molecule has 0 saturated heterocycles. The Kier molecular flexibility index (Phi) is 4.32. The summed E-state index contributed by atoms with van der Waals surface area (Å²) < 4.78 is 25.2. The number of nitrogens with zero attached hydrogens (tertiary/aromatic N) is 2. The lowest BCUT2D eigenvalue weighted by Crippen LogP contribution is -2.38. The van der Waals surface area contributed by atoms with Crippen molar-refractivity contribution in [3.8, 4) is 0 Å². The lowest BCUT2D eigenvalue weighted by Gasteiger charge is -2.08. The predicted molar refractivity (Wildman–Crippen MR) is 96.2 cm³/mol. The summed E-state index contributed by atoms with van der Waals surface area (Å²) >= 11 is 0.863. The normalized spacial score (nSPS) is 11.8. The summed E-state index contributed by atoms with van der Waals surface area (Å²) in [7, 11) is -3.34. The van der Waals surface area contributed by atoms with Crippen LogP contribution in [0.3, 0.4) is 0 Å². The van der Waals surface area contributed by atoms with Crippen molar-refractivity contribution in [1.82, 2.24) is 8.97 Å². The van der Waals surface area contributed by atoms with Crippen LogP contribution in [0, 0.1) is 6.92 Å². The van der Waals surface area contributed by atoms with Crippen molar-refractivity contribution in [1.29, 1.82) is 0 Å². The van der Waals surface area contributed by atoms with Gasteiger partial charge in [0.25, 0.3) is 5.56 Å². The van der Waals surface area contributed by atoms with E-state index >= 15 is 0 Å². The van der Waals surface area contributed by atoms with Crippen molar-refractivity contribution in [2.45, 2.75) is 18.4 Å². The first-order chi connectivity index (χ1) is 12.1. The summed E-state index contributed by atoms with van der Waals surface area (Å²) in [5.74, 6) is -1.17. The highest BCUT2D eigenvalue weighted by Crippen LogP contribution is 2.18. The molecule has 0 bridgehead atoms. The zero-order valence-corrected chi connectivity index (χ0v) is 15.4. The Hall–Kier alpha value is -2.72. The molecule has 8 nitrogen and oxygen atoms in total. The van der Waals surface area contributed by atoms with Gasteiger partial charge in [-0.05, 0) is 24.6 Å². The van der Waals surface area contributed by atoms with Gasteiger partial charge in [0.2, 0.25) is 0 Å². The Morgan fingerprint density at radius 3 is 2.35 bits per heavy atom. The Balaban J connectivity index is 2.12. The number of fused-ring (bicyclic) bond motifs is 1. The SMILES string of the molecule is Cc1c(=O)n(Cc2ccc(S(C)(=O)=O)cc2)c(=O)n2cc(C(=O)O)sc12. The Bertz CT molecular complexity index is 1250. The molecule has 3 rings (SSSR count). The number of thiazole rings is 1. The minimum absolute atomic E-state index is 0.0418. The van der Waals surface area contributed by atoms with Gasteiger partial charge in [0.15, 0.2) is 9.84 Å². The van der Waals surface area contributed by atoms with E-state index in [1.54, 1.807) is 0 Å². The molecular formula is C16H14N2O6S2. The van der Waals surface area contributed by atoms with Gasteiger partial charge in [0, 0.05) is 18.0 Å². The van der Waals surface area contributed by atoms with E-state index in [0.717, 1.165) is 26.6 Å². The predicted octanol–water partition coefficient (Wildman–Crippen LogP) is 0.981. The van der Waals surface area contributed by atoms with E-state index in [4.69, 9.17) is 5.11 Å². The zero-order valence-electron chi connectivity index (χ0n) is 13.8. The summed E-state index contributed by atoms with van der Waals surface area (Å²) in [6.07, 6.45) is 2.28. The number of aromatic carboxylic acids is 1. The molecule has 3 aromatic rings. The van der Waals surface area contributed by atoms with E-state index in [0.29, 0.717) is 10.4 Å². The molecular weight excluding hydrogens is 380 g/mol. The molecule has 1 N–H and O–H groups in total. The van der Waals surface area contributed by atoms with Crippen LogP contribution >= 0.6 is 11.3 Å². The average molecular weight is 394 g/mol. The van der Waals surface area contributed by atoms with Crippen molar-refractivity contribution < 1.29 is 18.3 Å². The molecule has 0 unspecified atom stereocenters. The number of aryl methyl sites for hydroxylation is 1. The number of benzene rings is 1. The van der Waals surface area contributed by atoms with Gasteiger partial charge in [0.05, 0.1) is 11.4 Å². The van der Waals surface area contributed by atoms with Gasteiger partial charge < -0.3 is 5.11 Å². The highest BCUT2D eigenvalue weighted by atomic mass is 32.2. The molecule has 0 aliphatic carbocycles. The summed E-state index contributed by atoms with van der Waals surface area (Å²) in [4.78, 5) is 36.7. The molecule has 0 atom stereocenters. The Labute approximate surface area is 151 Å². The number of sulfone groups is 1. The minimum atomic E-state index is -3.34. The average Bonchev–Trinajstić information content (AvgIpc) is 3.02. The van der Waals surface area contributed by atoms with E-state index in [-0.39, 0.29) is 21.9 Å². The Morgan fingerprint density at radius 1 is 1.19 bits per heavy atom. The number of hydrogen-bond acceptors (Lipinski definition) is 6. The second-order valence-electron chi connectivity index (χ2n) is 5.79. The first-order valence-corrected chi connectivity index (χ1v) is 10.1. The number of carboxylic acids is 1. The van der Waals surface area contributed by atoms with E-state index in [9.17, 15) is 22.8 Å². The van der Waals surface area contributed by atoms with Crippen molar-refractivity contribution in [2.24, 2.45) is 0 Å². The number of carboxylic acid groups (broad SMARTS) is 1. The molecule has 0 saturated carbocycles. The quantitative estimate of drug-likeness (QED) is 0.705. The topological polar surface area (TPSA) is 115 Å². The smallest absolute Gasteiger partial charge is 0.347 e. The molecule has 0 spiro atoms. The van der Waals surface area contributed by atoms with Crippen LogP contribution in [0.15, 0.2) is 44.9 Å². The van der Waals surface area contributed by atoms with Gasteiger partial charge >= 0.3 is 11.7 Å². The summed E-state index contributed by atoms with van der Waals surface area (Å²) in [5, 5.41) is 9.09. The molecule has 0 radical (unpaired) electrons. The molecule has 0 aliphatic heterocycles. The molecule has 10 heteroatoms. The van der Waals surface area contributed by atoms with Crippen LogP contribution in [0.4, 0.5) is 0 Å². The third kappa shape index (κ3) is 3.08. The second kappa shape index (κ2) is 6.22. The molecule has 0 aliphatic rings. The second-order valence-corrected chi connectivity index (χ2v) is 8.84. The van der Waals surface area contributed by atoms with Gasteiger partial charge in [-0.2, -0.15) is 0 Å². The molecule has 136 valence electrons. The first kappa shape index (κ1) is 18.1. The van der Waals surface area contributed by atoms with Gasteiger partial charge in [-0.1, -0.05) is 12.1 Å². The third-order valence-electron chi connectivity index (χ3n) is 3.90. The summed E-state index contributed by atoms with van der Waals surface area (Å²) in [6.45, 7) is 1.48. The van der Waals surface area contributed by atoms with Crippen LogP contribution in [0.1, 0.15) is 20.8 Å². The summed E-state index contributed by atoms with van der Waals surface area (Å²) in [5.41, 5.74) is -0.313. The van der Waals surface area contributed by atoms with Crippen molar-refractivity contribution in [3.63, 3.8) is 0 Å². The standard InChI is InChI=1S/C16H14N2O6S2/c1-9-13(19)17(7-10-3-5-11(6-4-10)26(2,23)24)16(22)18-8-12(15(20)21)25-14(9)18/h3-6,8H,7H2,1-2H3,(H,20,21). The number of rotatable bonds is 4. The molecule has 2 heterocycles. The minimum Gasteiger partial charge on any atom is -0.477 e. The van der Waals surface area contributed by atoms with E-state index in [2.05, 4.69) is 0 Å². The highest BCUT2D eigenvalue weighted by Gasteiger charge is 2.17. The Morgan fingerprint density at radius 2 is 1.81 bits per heavy atom. The largest absolute Gasteiger partial charge is 0.477 e. The third-order valence-corrected chi connectivity index (χ3v) is 6.22. The maximum Gasteiger partial charge on any atom is 0.347 e. The lowest BCUT2D eigenvalue weighted by atomic mass is 10.2. The van der Waals surface area contributed by atoms with Crippen LogP contribution < -0.4 is 11.2 Å². The monoisotopic (exact) mass is 394 g/mol. The lowest BCUT2D eigenvalue weighted by molar-refractivity contribution is 0.0701. The first-order valence-electron chi connectivity index (χ1n) is 7.37. The fourth-order valence-corrected chi connectivity index (χ4v) is 4.08. The van der Waals surface area contributed by atoms with E-state index in [1.165, 1.54) is 37.4 Å². The number of carbonyl (C=O) groups is 1. The van der Waals surface area contributed by atoms with Gasteiger partial charge in [0.1, 0.15) is 9.71 Å². The van der Waals surface area contributed by atoms with Crippen molar-refractivity contribution >= 4 is 32.0 Å². The van der Waals surface area contributed by atoms with Crippen LogP contribution in [-0.2, 0) is 16.4 Å². The highest BCUT2D eigenvalue weighted by molar-refractivity contribution is 7.90. The maximum absolute atomic E-state index is 12.6. The van der Waals surface area contributed by atoms with Crippen LogP contribution in [0.5, 0.6) is 0 Å². The molecule has 26 heavy (non-hydrogen) atoms. The van der Waals surface area contributed by atoms with E-state index < -0.39 is 27.1 Å². The zero-order chi connectivity index (χ0) is 19.2. The van der Waals surface area contributed by atoms with Gasteiger partial charge in [-0.15, -0.1) is 11.3 Å². The molecule has 1 aromatic carbocycles. The van der Waals surface area contributed by atoms with E-state index in [1.807, 2.05) is 0 Å². The number of hydrogen-bond donors (Lipinski definition) is 1.